The first-order valence-corrected chi connectivity index (χ1v) is 6.68. The van der Waals surface area contributed by atoms with Crippen molar-refractivity contribution in [1.82, 2.24) is 5.32 Å². The molecule has 0 aromatic heterocycles. The van der Waals surface area contributed by atoms with Crippen LogP contribution in [0.5, 0.6) is 5.75 Å². The smallest absolute Gasteiger partial charge is 0.119 e. The van der Waals surface area contributed by atoms with Crippen molar-refractivity contribution < 1.29 is 4.74 Å². The molecule has 0 bridgehead atoms. The lowest BCUT2D eigenvalue weighted by Crippen LogP contribution is -2.25. The summed E-state index contributed by atoms with van der Waals surface area (Å²) in [6, 6.07) is 9.03. The monoisotopic (exact) mass is 233 g/mol. The quantitative estimate of drug-likeness (QED) is 0.842. The van der Waals surface area contributed by atoms with Crippen molar-refractivity contribution in [3.63, 3.8) is 0 Å². The Morgan fingerprint density at radius 1 is 1.35 bits per heavy atom. The van der Waals surface area contributed by atoms with Crippen LogP contribution < -0.4 is 10.1 Å². The molecule has 1 fully saturated rings. The zero-order chi connectivity index (χ0) is 12.1. The fourth-order valence-electron chi connectivity index (χ4n) is 2.68. The topological polar surface area (TPSA) is 21.3 Å². The van der Waals surface area contributed by atoms with Crippen LogP contribution in [0.2, 0.25) is 0 Å². The molecule has 1 aliphatic carbocycles. The average Bonchev–Trinajstić information content (AvgIpc) is 2.84. The van der Waals surface area contributed by atoms with E-state index in [-0.39, 0.29) is 0 Å². The minimum absolute atomic E-state index is 0.714. The first-order chi connectivity index (χ1) is 8.31. The second-order valence-corrected chi connectivity index (χ2v) is 5.02. The highest BCUT2D eigenvalue weighted by molar-refractivity contribution is 5.28. The molecule has 94 valence electrons. The van der Waals surface area contributed by atoms with E-state index in [1.54, 1.807) is 7.11 Å². The van der Waals surface area contributed by atoms with Gasteiger partial charge >= 0.3 is 0 Å². The Hall–Kier alpha value is -1.02. The van der Waals surface area contributed by atoms with Crippen molar-refractivity contribution in [2.75, 3.05) is 7.11 Å². The molecular formula is C15H23NO. The third-order valence-corrected chi connectivity index (χ3v) is 3.85. The Bertz CT molecular complexity index is 351. The van der Waals surface area contributed by atoms with Gasteiger partial charge in [0, 0.05) is 12.6 Å². The van der Waals surface area contributed by atoms with E-state index >= 15 is 0 Å². The van der Waals surface area contributed by atoms with Crippen LogP contribution >= 0.6 is 0 Å². The normalized spacial score (nSPS) is 23.9. The molecule has 2 rings (SSSR count). The summed E-state index contributed by atoms with van der Waals surface area (Å²) in [5, 5.41) is 3.66. The molecule has 2 heteroatoms. The number of hydrogen-bond acceptors (Lipinski definition) is 2. The van der Waals surface area contributed by atoms with E-state index in [0.29, 0.717) is 6.04 Å². The predicted molar refractivity (Wildman–Crippen MR) is 71.3 cm³/mol. The zero-order valence-electron chi connectivity index (χ0n) is 10.9. The van der Waals surface area contributed by atoms with Crippen molar-refractivity contribution in [3.8, 4) is 5.75 Å². The van der Waals surface area contributed by atoms with Gasteiger partial charge < -0.3 is 10.1 Å². The SMILES string of the molecule is CCC1CCC(NCc2cccc(OC)c2)C1. The third kappa shape index (κ3) is 3.47. The van der Waals surface area contributed by atoms with Crippen LogP contribution in [0.1, 0.15) is 38.2 Å². The zero-order valence-corrected chi connectivity index (χ0v) is 10.9. The van der Waals surface area contributed by atoms with Crippen LogP contribution in [0.4, 0.5) is 0 Å². The second kappa shape index (κ2) is 6.06. The lowest BCUT2D eigenvalue weighted by atomic mass is 10.1. The fourth-order valence-corrected chi connectivity index (χ4v) is 2.68. The van der Waals surface area contributed by atoms with Gasteiger partial charge in [-0.25, -0.2) is 0 Å². The van der Waals surface area contributed by atoms with Crippen LogP contribution in [0.25, 0.3) is 0 Å². The van der Waals surface area contributed by atoms with E-state index in [1.807, 2.05) is 6.07 Å². The molecule has 17 heavy (non-hydrogen) atoms. The largest absolute Gasteiger partial charge is 0.497 e. The first kappa shape index (κ1) is 12.4. The molecule has 0 saturated heterocycles. The highest BCUT2D eigenvalue weighted by Crippen LogP contribution is 2.28. The Morgan fingerprint density at radius 3 is 2.94 bits per heavy atom. The number of rotatable bonds is 5. The van der Waals surface area contributed by atoms with E-state index in [1.165, 1.54) is 31.2 Å². The summed E-state index contributed by atoms with van der Waals surface area (Å²) < 4.78 is 5.23. The van der Waals surface area contributed by atoms with Crippen LogP contribution in [-0.2, 0) is 6.54 Å². The maximum atomic E-state index is 5.23. The summed E-state index contributed by atoms with van der Waals surface area (Å²) in [5.74, 6) is 1.89. The Morgan fingerprint density at radius 2 is 2.24 bits per heavy atom. The summed E-state index contributed by atoms with van der Waals surface area (Å²) in [4.78, 5) is 0. The molecule has 2 nitrogen and oxygen atoms in total. The van der Waals surface area contributed by atoms with Gasteiger partial charge in [0.15, 0.2) is 0 Å². The van der Waals surface area contributed by atoms with Crippen LogP contribution in [-0.4, -0.2) is 13.2 Å². The van der Waals surface area contributed by atoms with E-state index in [0.717, 1.165) is 18.2 Å². The van der Waals surface area contributed by atoms with Crippen LogP contribution in [0, 0.1) is 5.92 Å². The van der Waals surface area contributed by atoms with Gasteiger partial charge in [0.25, 0.3) is 0 Å². The van der Waals surface area contributed by atoms with Crippen LogP contribution in [0.3, 0.4) is 0 Å². The summed E-state index contributed by atoms with van der Waals surface area (Å²) in [5.41, 5.74) is 1.31. The predicted octanol–water partition coefficient (Wildman–Crippen LogP) is 3.36. The molecule has 0 heterocycles. The lowest BCUT2D eigenvalue weighted by Gasteiger charge is -2.13. The summed E-state index contributed by atoms with van der Waals surface area (Å²) in [6.07, 6.45) is 5.41. The maximum absolute atomic E-state index is 5.23. The van der Waals surface area contributed by atoms with Gasteiger partial charge in [-0.05, 0) is 42.9 Å². The molecule has 0 aliphatic heterocycles. The number of hydrogen-bond donors (Lipinski definition) is 1. The molecule has 1 saturated carbocycles. The Kier molecular flexibility index (Phi) is 4.43. The number of methoxy groups -OCH3 is 1. The summed E-state index contributed by atoms with van der Waals surface area (Å²) in [6.45, 7) is 3.26. The Balaban J connectivity index is 1.81. The lowest BCUT2D eigenvalue weighted by molar-refractivity contribution is 0.413. The minimum atomic E-state index is 0.714. The van der Waals surface area contributed by atoms with Gasteiger partial charge in [0.1, 0.15) is 5.75 Å². The first-order valence-electron chi connectivity index (χ1n) is 6.68. The maximum Gasteiger partial charge on any atom is 0.119 e. The Labute approximate surface area is 104 Å². The molecule has 1 N–H and O–H groups in total. The minimum Gasteiger partial charge on any atom is -0.497 e. The van der Waals surface area contributed by atoms with Crippen molar-refractivity contribution in [2.24, 2.45) is 5.92 Å². The van der Waals surface area contributed by atoms with E-state index in [2.05, 4.69) is 30.4 Å². The molecular weight excluding hydrogens is 210 g/mol. The molecule has 1 aliphatic rings. The van der Waals surface area contributed by atoms with Crippen molar-refractivity contribution >= 4 is 0 Å². The second-order valence-electron chi connectivity index (χ2n) is 5.02. The van der Waals surface area contributed by atoms with Gasteiger partial charge in [-0.1, -0.05) is 25.5 Å². The average molecular weight is 233 g/mol. The molecule has 2 atom stereocenters. The van der Waals surface area contributed by atoms with E-state index in [4.69, 9.17) is 4.74 Å². The van der Waals surface area contributed by atoms with Gasteiger partial charge in [-0.2, -0.15) is 0 Å². The number of benzene rings is 1. The molecule has 1 aromatic rings. The summed E-state index contributed by atoms with van der Waals surface area (Å²) >= 11 is 0. The molecule has 2 unspecified atom stereocenters. The highest BCUT2D eigenvalue weighted by Gasteiger charge is 2.22. The number of nitrogens with one attached hydrogen (secondary N) is 1. The molecule has 0 spiro atoms. The fraction of sp³-hybridized carbons (Fsp3) is 0.600. The van der Waals surface area contributed by atoms with Gasteiger partial charge in [0.2, 0.25) is 0 Å². The third-order valence-electron chi connectivity index (χ3n) is 3.85. The molecule has 0 amide bonds. The summed E-state index contributed by atoms with van der Waals surface area (Å²) in [7, 11) is 1.72. The number of ether oxygens (including phenoxy) is 1. The van der Waals surface area contributed by atoms with Crippen molar-refractivity contribution in [3.05, 3.63) is 29.8 Å². The van der Waals surface area contributed by atoms with Gasteiger partial charge in [0.05, 0.1) is 7.11 Å². The van der Waals surface area contributed by atoms with Crippen LogP contribution in [0.15, 0.2) is 24.3 Å². The van der Waals surface area contributed by atoms with Gasteiger partial charge in [-0.15, -0.1) is 0 Å². The standard InChI is InChI=1S/C15H23NO/c1-3-12-7-8-14(9-12)16-11-13-5-4-6-15(10-13)17-2/h4-6,10,12,14,16H,3,7-9,11H2,1-2H3. The van der Waals surface area contributed by atoms with Gasteiger partial charge in [-0.3, -0.25) is 0 Å². The van der Waals surface area contributed by atoms with E-state index < -0.39 is 0 Å². The van der Waals surface area contributed by atoms with Crippen molar-refractivity contribution in [1.29, 1.82) is 0 Å². The van der Waals surface area contributed by atoms with Crippen molar-refractivity contribution in [2.45, 2.75) is 45.2 Å². The molecule has 1 aromatic carbocycles. The molecule has 0 radical (unpaired) electrons. The van der Waals surface area contributed by atoms with E-state index in [9.17, 15) is 0 Å². The highest BCUT2D eigenvalue weighted by atomic mass is 16.5.